The van der Waals surface area contributed by atoms with Gasteiger partial charge >= 0.3 is 0 Å². The third kappa shape index (κ3) is 4.95. The maximum absolute atomic E-state index is 9.59. The van der Waals surface area contributed by atoms with Crippen molar-refractivity contribution in [2.45, 2.75) is 25.2 Å². The molecule has 1 aliphatic carbocycles. The Labute approximate surface area is 287 Å². The minimum absolute atomic E-state index is 0.351. The fraction of sp³-hybridized carbons (Fsp3) is 0.0851. The number of aromatic nitrogens is 1. The molecule has 2 nitrogen and oxygen atoms in total. The van der Waals surface area contributed by atoms with E-state index >= 15 is 0 Å². The van der Waals surface area contributed by atoms with Crippen LogP contribution < -0.4 is 0 Å². The topological polar surface area (TPSA) is 28.7 Å². The molecule has 0 N–H and O–H groups in total. The molecule has 0 radical (unpaired) electrons. The van der Waals surface area contributed by atoms with Crippen LogP contribution in [0, 0.1) is 11.3 Å². The van der Waals surface area contributed by atoms with Crippen molar-refractivity contribution in [3.05, 3.63) is 186 Å². The zero-order valence-electron chi connectivity index (χ0n) is 27.3. The van der Waals surface area contributed by atoms with Gasteiger partial charge in [-0.1, -0.05) is 128 Å². The van der Waals surface area contributed by atoms with E-state index in [4.69, 9.17) is 0 Å². The molecule has 0 fully saturated rings. The lowest BCUT2D eigenvalue weighted by Gasteiger charge is -2.24. The average molecular weight is 627 g/mol. The molecule has 8 aromatic rings. The molecule has 9 rings (SSSR count). The molecule has 0 saturated carbocycles. The van der Waals surface area contributed by atoms with Crippen molar-refractivity contribution >= 4 is 21.8 Å². The Balaban J connectivity index is 1.14. The van der Waals surface area contributed by atoms with Crippen LogP contribution in [-0.2, 0) is 6.42 Å². The van der Waals surface area contributed by atoms with Gasteiger partial charge in [0, 0.05) is 16.5 Å². The SMILES string of the molecule is CC1c2ccc(-c3ccc4c(c3)c3ccccc3n4-c3cccc(C#N)c3)cc2-c2ccccc2CC1c1ccc(-c2ccccc2)cc1. The highest BCUT2D eigenvalue weighted by Gasteiger charge is 2.29. The molecule has 0 amide bonds. The molecule has 1 aromatic heterocycles. The van der Waals surface area contributed by atoms with Crippen LogP contribution in [-0.4, -0.2) is 4.57 Å². The Morgan fingerprint density at radius 1 is 0.551 bits per heavy atom. The minimum atomic E-state index is 0.351. The van der Waals surface area contributed by atoms with Gasteiger partial charge in [-0.2, -0.15) is 5.26 Å². The third-order valence-corrected chi connectivity index (χ3v) is 10.6. The lowest BCUT2D eigenvalue weighted by Crippen LogP contribution is -2.10. The molecular weight excluding hydrogens is 593 g/mol. The summed E-state index contributed by atoms with van der Waals surface area (Å²) >= 11 is 0. The van der Waals surface area contributed by atoms with E-state index < -0.39 is 0 Å². The van der Waals surface area contributed by atoms with Gasteiger partial charge in [0.05, 0.1) is 22.7 Å². The van der Waals surface area contributed by atoms with Gasteiger partial charge in [0.25, 0.3) is 0 Å². The van der Waals surface area contributed by atoms with Crippen LogP contribution >= 0.6 is 0 Å². The summed E-state index contributed by atoms with van der Waals surface area (Å²) in [5.74, 6) is 0.726. The van der Waals surface area contributed by atoms with E-state index in [1.165, 1.54) is 60.8 Å². The summed E-state index contributed by atoms with van der Waals surface area (Å²) in [5.41, 5.74) is 15.7. The highest BCUT2D eigenvalue weighted by atomic mass is 15.0. The standard InChI is InChI=1S/C47H34N2/c1-31-40-24-22-36(37-23-25-47-45(28-37)42-16-7-8-17-46(42)49(47)39-14-9-10-32(26-39)30-48)27-44(40)41-15-6-5-13-38(41)29-43(31)35-20-18-34(19-21-35)33-11-3-2-4-12-33/h2-28,31,43H,29H2,1H3. The first-order valence-corrected chi connectivity index (χ1v) is 17.1. The number of para-hydroxylation sites is 1. The molecule has 1 aliphatic rings. The van der Waals surface area contributed by atoms with Gasteiger partial charge in [-0.25, -0.2) is 0 Å². The molecule has 0 aliphatic heterocycles. The van der Waals surface area contributed by atoms with Gasteiger partial charge < -0.3 is 4.57 Å². The van der Waals surface area contributed by atoms with E-state index in [1.54, 1.807) is 0 Å². The van der Waals surface area contributed by atoms with Gasteiger partial charge in [0.2, 0.25) is 0 Å². The summed E-state index contributed by atoms with van der Waals surface area (Å²) in [4.78, 5) is 0. The van der Waals surface area contributed by atoms with Crippen molar-refractivity contribution in [1.29, 1.82) is 5.26 Å². The number of rotatable bonds is 4. The number of benzene rings is 7. The number of fused-ring (bicyclic) bond motifs is 6. The van der Waals surface area contributed by atoms with Crippen LogP contribution in [0.1, 0.15) is 41.0 Å². The number of nitriles is 1. The van der Waals surface area contributed by atoms with Crippen molar-refractivity contribution in [2.75, 3.05) is 0 Å². The summed E-state index contributed by atoms with van der Waals surface area (Å²) in [5, 5.41) is 12.0. The van der Waals surface area contributed by atoms with E-state index in [-0.39, 0.29) is 0 Å². The third-order valence-electron chi connectivity index (χ3n) is 10.6. The summed E-state index contributed by atoms with van der Waals surface area (Å²) in [6, 6.07) is 61.5. The Kier molecular flexibility index (Phi) is 6.99. The summed E-state index contributed by atoms with van der Waals surface area (Å²) in [7, 11) is 0. The molecule has 232 valence electrons. The summed E-state index contributed by atoms with van der Waals surface area (Å²) in [6.45, 7) is 2.41. The first-order chi connectivity index (χ1) is 24.2. The molecule has 0 bridgehead atoms. The summed E-state index contributed by atoms with van der Waals surface area (Å²) < 4.78 is 2.27. The molecule has 7 aromatic carbocycles. The number of hydrogen-bond acceptors (Lipinski definition) is 1. The predicted molar refractivity (Wildman–Crippen MR) is 203 cm³/mol. The lowest BCUT2D eigenvalue weighted by molar-refractivity contribution is 0.579. The fourth-order valence-electron chi connectivity index (χ4n) is 8.06. The van der Waals surface area contributed by atoms with Crippen LogP contribution in [0.25, 0.3) is 60.9 Å². The van der Waals surface area contributed by atoms with Crippen molar-refractivity contribution in [1.82, 2.24) is 4.57 Å². The van der Waals surface area contributed by atoms with Gasteiger partial charge in [-0.3, -0.25) is 0 Å². The van der Waals surface area contributed by atoms with Gasteiger partial charge in [-0.15, -0.1) is 0 Å². The van der Waals surface area contributed by atoms with Crippen LogP contribution in [0.2, 0.25) is 0 Å². The zero-order chi connectivity index (χ0) is 32.9. The van der Waals surface area contributed by atoms with E-state index in [0.717, 1.165) is 23.1 Å². The van der Waals surface area contributed by atoms with E-state index in [1.807, 2.05) is 18.2 Å². The van der Waals surface area contributed by atoms with E-state index in [9.17, 15) is 5.26 Å². The molecule has 0 spiro atoms. The molecule has 49 heavy (non-hydrogen) atoms. The highest BCUT2D eigenvalue weighted by Crippen LogP contribution is 2.46. The van der Waals surface area contributed by atoms with Gasteiger partial charge in [0.1, 0.15) is 0 Å². The van der Waals surface area contributed by atoms with Gasteiger partial charge in [-0.05, 0) is 111 Å². The monoisotopic (exact) mass is 626 g/mol. The molecule has 2 unspecified atom stereocenters. The minimum Gasteiger partial charge on any atom is -0.309 e. The van der Waals surface area contributed by atoms with Crippen LogP contribution in [0.3, 0.4) is 0 Å². The van der Waals surface area contributed by atoms with E-state index in [2.05, 4.69) is 163 Å². The Hall–Kier alpha value is -6.17. The normalized spacial score (nSPS) is 15.3. The Bertz CT molecular complexity index is 2550. The predicted octanol–water partition coefficient (Wildman–Crippen LogP) is 12.1. The van der Waals surface area contributed by atoms with Crippen molar-refractivity contribution in [2.24, 2.45) is 0 Å². The second-order valence-corrected chi connectivity index (χ2v) is 13.3. The van der Waals surface area contributed by atoms with E-state index in [0.29, 0.717) is 17.4 Å². The zero-order valence-corrected chi connectivity index (χ0v) is 27.3. The second kappa shape index (κ2) is 11.8. The van der Waals surface area contributed by atoms with Crippen LogP contribution in [0.5, 0.6) is 0 Å². The lowest BCUT2D eigenvalue weighted by atomic mass is 9.79. The first-order valence-electron chi connectivity index (χ1n) is 17.1. The van der Waals surface area contributed by atoms with Crippen molar-refractivity contribution in [3.63, 3.8) is 0 Å². The molecule has 0 saturated heterocycles. The van der Waals surface area contributed by atoms with Gasteiger partial charge in [0.15, 0.2) is 0 Å². The largest absolute Gasteiger partial charge is 0.309 e. The quantitative estimate of drug-likeness (QED) is 0.191. The maximum Gasteiger partial charge on any atom is 0.0992 e. The summed E-state index contributed by atoms with van der Waals surface area (Å²) in [6.07, 6.45) is 1.00. The Morgan fingerprint density at radius 3 is 2.10 bits per heavy atom. The van der Waals surface area contributed by atoms with Crippen molar-refractivity contribution < 1.29 is 0 Å². The molecule has 2 atom stereocenters. The smallest absolute Gasteiger partial charge is 0.0992 e. The molecule has 2 heteroatoms. The second-order valence-electron chi connectivity index (χ2n) is 13.3. The maximum atomic E-state index is 9.59. The van der Waals surface area contributed by atoms with Crippen molar-refractivity contribution in [3.8, 4) is 45.1 Å². The number of hydrogen-bond donors (Lipinski definition) is 0. The first kappa shape index (κ1) is 29.0. The number of nitrogens with zero attached hydrogens (tertiary/aromatic N) is 2. The average Bonchev–Trinajstić information content (AvgIpc) is 3.44. The van der Waals surface area contributed by atoms with Crippen LogP contribution in [0.15, 0.2) is 164 Å². The Morgan fingerprint density at radius 2 is 1.24 bits per heavy atom. The molecular formula is C47H34N2. The fourth-order valence-corrected chi connectivity index (χ4v) is 8.06. The molecule has 1 heterocycles. The highest BCUT2D eigenvalue weighted by molar-refractivity contribution is 6.10. The van der Waals surface area contributed by atoms with Crippen LogP contribution in [0.4, 0.5) is 0 Å².